The van der Waals surface area contributed by atoms with Gasteiger partial charge < -0.3 is 0 Å². The Kier molecular flexibility index (Phi) is 6.08. The van der Waals surface area contributed by atoms with Crippen molar-refractivity contribution in [2.75, 3.05) is 6.67 Å². The van der Waals surface area contributed by atoms with Crippen LogP contribution in [0.1, 0.15) is 64.7 Å². The molecule has 24 heavy (non-hydrogen) atoms. The summed E-state index contributed by atoms with van der Waals surface area (Å²) in [4.78, 5) is 0. The molecule has 0 aromatic carbocycles. The Balaban J connectivity index is 1.61. The van der Waals surface area contributed by atoms with Crippen molar-refractivity contribution in [2.24, 2.45) is 11.8 Å². The molecule has 0 bridgehead atoms. The molecule has 3 aliphatic rings. The van der Waals surface area contributed by atoms with Crippen LogP contribution in [-0.4, -0.2) is 12.8 Å². The van der Waals surface area contributed by atoms with E-state index in [4.69, 9.17) is 0 Å². The number of rotatable bonds is 5. The standard InChI is InChI=1S/C22H30F2/c1-2-3-16-4-6-17(7-5-16)18-8-10-19(11-9-18)20-12-13-21(15-23)22(24)14-20/h8,10,12-13,16-17,22H,2-7,9,11,14-15H2,1H3. The van der Waals surface area contributed by atoms with Crippen molar-refractivity contribution < 1.29 is 8.78 Å². The van der Waals surface area contributed by atoms with Crippen molar-refractivity contribution >= 4 is 0 Å². The van der Waals surface area contributed by atoms with Gasteiger partial charge in [-0.05, 0) is 67.1 Å². The van der Waals surface area contributed by atoms with E-state index in [2.05, 4.69) is 19.1 Å². The molecule has 0 aliphatic heterocycles. The van der Waals surface area contributed by atoms with Gasteiger partial charge in [-0.2, -0.15) is 0 Å². The highest BCUT2D eigenvalue weighted by Gasteiger charge is 2.25. The van der Waals surface area contributed by atoms with E-state index in [1.54, 1.807) is 11.6 Å². The van der Waals surface area contributed by atoms with Crippen LogP contribution in [0.4, 0.5) is 8.78 Å². The minimum absolute atomic E-state index is 0.287. The molecule has 0 aromatic heterocycles. The zero-order valence-corrected chi connectivity index (χ0v) is 14.9. The first-order valence-electron chi connectivity index (χ1n) is 9.71. The number of alkyl halides is 2. The summed E-state index contributed by atoms with van der Waals surface area (Å²) >= 11 is 0. The predicted octanol–water partition coefficient (Wildman–Crippen LogP) is 6.80. The molecule has 0 nitrogen and oxygen atoms in total. The van der Waals surface area contributed by atoms with Crippen LogP contribution in [0.3, 0.4) is 0 Å². The second kappa shape index (κ2) is 8.27. The monoisotopic (exact) mass is 332 g/mol. The molecule has 0 aromatic rings. The smallest absolute Gasteiger partial charge is 0.128 e. The van der Waals surface area contributed by atoms with Gasteiger partial charge in [0.25, 0.3) is 0 Å². The van der Waals surface area contributed by atoms with Crippen LogP contribution in [0, 0.1) is 11.8 Å². The highest BCUT2D eigenvalue weighted by atomic mass is 19.1. The summed E-state index contributed by atoms with van der Waals surface area (Å²) in [5.41, 5.74) is 4.19. The second-order valence-corrected chi connectivity index (χ2v) is 7.68. The average molecular weight is 332 g/mol. The minimum Gasteiger partial charge on any atom is -0.246 e. The molecule has 0 N–H and O–H groups in total. The first-order valence-corrected chi connectivity index (χ1v) is 9.71. The molecule has 3 aliphatic carbocycles. The molecule has 1 saturated carbocycles. The Bertz CT molecular complexity index is 557. The van der Waals surface area contributed by atoms with Crippen LogP contribution >= 0.6 is 0 Å². The molecule has 1 fully saturated rings. The van der Waals surface area contributed by atoms with Crippen LogP contribution < -0.4 is 0 Å². The number of halogens is 2. The highest BCUT2D eigenvalue weighted by molar-refractivity contribution is 5.44. The third-order valence-electron chi connectivity index (χ3n) is 6.12. The molecule has 0 heterocycles. The van der Waals surface area contributed by atoms with Crippen LogP contribution in [0.5, 0.6) is 0 Å². The quantitative estimate of drug-likeness (QED) is 0.519. The van der Waals surface area contributed by atoms with Crippen LogP contribution in [0.25, 0.3) is 0 Å². The van der Waals surface area contributed by atoms with E-state index >= 15 is 0 Å². The van der Waals surface area contributed by atoms with Crippen molar-refractivity contribution in [1.29, 1.82) is 0 Å². The van der Waals surface area contributed by atoms with Gasteiger partial charge in [-0.25, -0.2) is 8.78 Å². The summed E-state index contributed by atoms with van der Waals surface area (Å²) in [6, 6.07) is 0. The highest BCUT2D eigenvalue weighted by Crippen LogP contribution is 2.40. The largest absolute Gasteiger partial charge is 0.246 e. The Morgan fingerprint density at radius 1 is 0.958 bits per heavy atom. The maximum atomic E-state index is 13.9. The van der Waals surface area contributed by atoms with Crippen LogP contribution in [-0.2, 0) is 0 Å². The molecule has 0 radical (unpaired) electrons. The zero-order valence-electron chi connectivity index (χ0n) is 14.9. The third kappa shape index (κ3) is 4.07. The van der Waals surface area contributed by atoms with E-state index in [0.29, 0.717) is 6.42 Å². The lowest BCUT2D eigenvalue weighted by Gasteiger charge is -2.31. The predicted molar refractivity (Wildman–Crippen MR) is 97.4 cm³/mol. The average Bonchev–Trinajstić information content (AvgIpc) is 2.63. The van der Waals surface area contributed by atoms with Crippen molar-refractivity contribution in [2.45, 2.75) is 70.9 Å². The fourth-order valence-corrected chi connectivity index (χ4v) is 4.56. The molecule has 132 valence electrons. The van der Waals surface area contributed by atoms with Crippen molar-refractivity contribution in [3.8, 4) is 0 Å². The van der Waals surface area contributed by atoms with Crippen molar-refractivity contribution in [3.05, 3.63) is 46.6 Å². The number of allylic oxidation sites excluding steroid dienone is 8. The fraction of sp³-hybridized carbons (Fsp3) is 0.636. The van der Waals surface area contributed by atoms with Crippen LogP contribution in [0.2, 0.25) is 0 Å². The maximum absolute atomic E-state index is 13.9. The number of hydrogen-bond donors (Lipinski definition) is 0. The van der Waals surface area contributed by atoms with Gasteiger partial charge in [-0.1, -0.05) is 49.6 Å². The molecule has 0 saturated heterocycles. The van der Waals surface area contributed by atoms with Crippen LogP contribution in [0.15, 0.2) is 46.6 Å². The molecule has 3 rings (SSSR count). The lowest BCUT2D eigenvalue weighted by molar-refractivity contribution is 0.282. The van der Waals surface area contributed by atoms with E-state index in [9.17, 15) is 8.78 Å². The van der Waals surface area contributed by atoms with Gasteiger partial charge in [-0.3, -0.25) is 0 Å². The third-order valence-corrected chi connectivity index (χ3v) is 6.12. The van der Waals surface area contributed by atoms with E-state index < -0.39 is 12.8 Å². The Labute approximate surface area is 145 Å². The molecule has 0 spiro atoms. The maximum Gasteiger partial charge on any atom is 0.128 e. The Morgan fingerprint density at radius 2 is 1.71 bits per heavy atom. The topological polar surface area (TPSA) is 0 Å². The van der Waals surface area contributed by atoms with Gasteiger partial charge in [0.15, 0.2) is 0 Å². The first kappa shape index (κ1) is 17.6. The molecule has 2 heteroatoms. The Morgan fingerprint density at radius 3 is 2.29 bits per heavy atom. The molecular formula is C22H30F2. The van der Waals surface area contributed by atoms with Gasteiger partial charge in [-0.15, -0.1) is 0 Å². The van der Waals surface area contributed by atoms with Gasteiger partial charge >= 0.3 is 0 Å². The lowest BCUT2D eigenvalue weighted by atomic mass is 9.74. The van der Waals surface area contributed by atoms with E-state index in [1.165, 1.54) is 44.1 Å². The summed E-state index contributed by atoms with van der Waals surface area (Å²) in [6.45, 7) is 1.62. The fourth-order valence-electron chi connectivity index (χ4n) is 4.56. The zero-order chi connectivity index (χ0) is 16.9. The molecule has 1 atom stereocenters. The van der Waals surface area contributed by atoms with Gasteiger partial charge in [0.05, 0.1) is 0 Å². The SMILES string of the molecule is CCCC1CCC(C2=CC=C(C3=CC=C(CF)C(F)C3)CC2)CC1. The molecule has 0 amide bonds. The minimum atomic E-state index is -1.14. The van der Waals surface area contributed by atoms with E-state index in [0.717, 1.165) is 30.3 Å². The number of hydrogen-bond acceptors (Lipinski definition) is 0. The second-order valence-electron chi connectivity index (χ2n) is 7.68. The van der Waals surface area contributed by atoms with Gasteiger partial charge in [0.1, 0.15) is 12.8 Å². The van der Waals surface area contributed by atoms with Gasteiger partial charge in [0, 0.05) is 6.42 Å². The summed E-state index contributed by atoms with van der Waals surface area (Å²) in [7, 11) is 0. The summed E-state index contributed by atoms with van der Waals surface area (Å²) < 4.78 is 26.6. The van der Waals surface area contributed by atoms with Crippen molar-refractivity contribution in [1.82, 2.24) is 0 Å². The summed E-state index contributed by atoms with van der Waals surface area (Å²) in [5.74, 6) is 1.72. The van der Waals surface area contributed by atoms with E-state index in [-0.39, 0.29) is 5.57 Å². The van der Waals surface area contributed by atoms with E-state index in [1.807, 2.05) is 6.08 Å². The first-order chi connectivity index (χ1) is 11.7. The molecular weight excluding hydrogens is 302 g/mol. The van der Waals surface area contributed by atoms with Crippen molar-refractivity contribution in [3.63, 3.8) is 0 Å². The van der Waals surface area contributed by atoms with Gasteiger partial charge in [0.2, 0.25) is 0 Å². The normalized spacial score (nSPS) is 31.0. The summed E-state index contributed by atoms with van der Waals surface area (Å²) in [6.07, 6.45) is 17.5. The lowest BCUT2D eigenvalue weighted by Crippen LogP contribution is -2.17. The summed E-state index contributed by atoms with van der Waals surface area (Å²) in [5, 5.41) is 0. The molecule has 1 unspecified atom stereocenters. The Hall–Kier alpha value is -1.18.